The zero-order valence-electron chi connectivity index (χ0n) is 42.8. The van der Waals surface area contributed by atoms with Gasteiger partial charge in [-0.15, -0.1) is 0 Å². The van der Waals surface area contributed by atoms with Crippen molar-refractivity contribution in [1.82, 2.24) is 0 Å². The Kier molecular flexibility index (Phi) is 15.4. The van der Waals surface area contributed by atoms with E-state index in [1.165, 1.54) is 0 Å². The van der Waals surface area contributed by atoms with Crippen LogP contribution in [0.4, 0.5) is 51.2 Å². The van der Waals surface area contributed by atoms with Crippen LogP contribution in [-0.4, -0.2) is 0 Å². The number of nitrogens with zero attached hydrogens (tertiary/aromatic N) is 3. The highest BCUT2D eigenvalue weighted by Gasteiger charge is 2.14. The Morgan fingerprint density at radius 3 is 0.390 bits per heavy atom. The van der Waals surface area contributed by atoms with Crippen molar-refractivity contribution in [1.29, 1.82) is 0 Å². The Morgan fingerprint density at radius 2 is 0.247 bits per heavy atom. The van der Waals surface area contributed by atoms with Crippen LogP contribution < -0.4 is 14.7 Å². The van der Waals surface area contributed by atoms with Gasteiger partial charge in [0.2, 0.25) is 0 Å². The molecule has 0 aliphatic heterocycles. The van der Waals surface area contributed by atoms with E-state index in [2.05, 4.69) is 361 Å². The molecule has 0 heterocycles. The van der Waals surface area contributed by atoms with E-state index >= 15 is 0 Å². The van der Waals surface area contributed by atoms with Gasteiger partial charge in [-0.25, -0.2) is 0 Å². The van der Waals surface area contributed by atoms with Gasteiger partial charge in [0.25, 0.3) is 0 Å². The van der Waals surface area contributed by atoms with Gasteiger partial charge in [0.1, 0.15) is 0 Å². The van der Waals surface area contributed by atoms with Crippen LogP contribution >= 0.6 is 0 Å². The summed E-state index contributed by atoms with van der Waals surface area (Å²) in [6.07, 6.45) is 17.4. The topological polar surface area (TPSA) is 9.72 Å². The van der Waals surface area contributed by atoms with E-state index in [1.807, 2.05) is 0 Å². The standard InChI is InChI=1S/C74H57N3/c1-6-16-66(17-7-1)75(67-18-8-2-9-19-67)71-50-42-62(43-51-71)38-34-58-26-30-60(31-27-58)36-40-64-46-54-73(55-47-64)77(70-24-14-5-15-25-70)74-56-48-65(49-57-74)41-37-61-32-28-59(29-33-61)35-39-63-44-52-72(53-45-63)76(68-20-10-3-11-21-68)69-22-12-4-13-23-69/h1-57H/b38-34+,39-35+,40-36+,41-37+. The number of para-hydroxylation sites is 5. The smallest absolute Gasteiger partial charge is 0.0462 e. The number of hydrogen-bond donors (Lipinski definition) is 0. The van der Waals surface area contributed by atoms with Gasteiger partial charge in [-0.05, 0) is 154 Å². The highest BCUT2D eigenvalue weighted by atomic mass is 15.2. The minimum Gasteiger partial charge on any atom is -0.311 e. The van der Waals surface area contributed by atoms with Crippen LogP contribution in [0.15, 0.2) is 297 Å². The molecule has 77 heavy (non-hydrogen) atoms. The lowest BCUT2D eigenvalue weighted by Crippen LogP contribution is -2.09. The van der Waals surface area contributed by atoms with Crippen molar-refractivity contribution in [3.8, 4) is 0 Å². The molecule has 0 N–H and O–H groups in total. The molecule has 0 saturated heterocycles. The molecule has 0 atom stereocenters. The lowest BCUT2D eigenvalue weighted by molar-refractivity contribution is 1.28. The van der Waals surface area contributed by atoms with Gasteiger partial charge in [-0.1, -0.05) is 237 Å². The molecule has 368 valence electrons. The third-order valence-electron chi connectivity index (χ3n) is 13.4. The largest absolute Gasteiger partial charge is 0.311 e. The third kappa shape index (κ3) is 12.6. The first-order valence-electron chi connectivity index (χ1n) is 26.1. The summed E-state index contributed by atoms with van der Waals surface area (Å²) in [6, 6.07) is 105. The molecule has 11 aromatic rings. The van der Waals surface area contributed by atoms with Crippen molar-refractivity contribution in [3.63, 3.8) is 0 Å². The molecule has 3 nitrogen and oxygen atoms in total. The maximum Gasteiger partial charge on any atom is 0.0462 e. The molecule has 0 aliphatic carbocycles. The fourth-order valence-corrected chi connectivity index (χ4v) is 9.37. The number of hydrogen-bond acceptors (Lipinski definition) is 3. The predicted octanol–water partition coefficient (Wildman–Crippen LogP) is 20.8. The van der Waals surface area contributed by atoms with Gasteiger partial charge in [0.15, 0.2) is 0 Å². The second-order valence-corrected chi connectivity index (χ2v) is 18.7. The van der Waals surface area contributed by atoms with Crippen LogP contribution in [-0.2, 0) is 0 Å². The van der Waals surface area contributed by atoms with E-state index < -0.39 is 0 Å². The van der Waals surface area contributed by atoms with E-state index in [0.717, 1.165) is 95.7 Å². The molecule has 0 saturated carbocycles. The summed E-state index contributed by atoms with van der Waals surface area (Å²) < 4.78 is 0. The lowest BCUT2D eigenvalue weighted by atomic mass is 10.1. The normalized spacial score (nSPS) is 11.4. The second-order valence-electron chi connectivity index (χ2n) is 18.7. The predicted molar refractivity (Wildman–Crippen MR) is 332 cm³/mol. The summed E-state index contributed by atoms with van der Waals surface area (Å²) in [5.41, 5.74) is 19.2. The van der Waals surface area contributed by atoms with Gasteiger partial charge in [-0.3, -0.25) is 0 Å². The Bertz CT molecular complexity index is 3390. The Labute approximate surface area is 453 Å². The molecule has 11 aromatic carbocycles. The molecule has 0 bridgehead atoms. The fraction of sp³-hybridized carbons (Fsp3) is 0. The fourth-order valence-electron chi connectivity index (χ4n) is 9.37. The minimum atomic E-state index is 1.09. The first-order chi connectivity index (χ1) is 38.1. The average molecular weight is 988 g/mol. The molecule has 0 spiro atoms. The minimum absolute atomic E-state index is 1.09. The SMILES string of the molecule is C(=C\c1ccc(N(c2ccccc2)c2ccccc2)cc1)/c1ccc(/C=C/c2ccc(N(c3ccccc3)c3ccc(/C=C/c4ccc(/C=C/c5ccc(N(c6ccccc6)c6ccccc6)cc5)cc4)cc3)cc2)cc1. The van der Waals surface area contributed by atoms with Crippen molar-refractivity contribution in [2.45, 2.75) is 0 Å². The summed E-state index contributed by atoms with van der Waals surface area (Å²) in [7, 11) is 0. The van der Waals surface area contributed by atoms with Gasteiger partial charge >= 0.3 is 0 Å². The van der Waals surface area contributed by atoms with Crippen molar-refractivity contribution in [2.24, 2.45) is 0 Å². The van der Waals surface area contributed by atoms with Gasteiger partial charge in [0, 0.05) is 51.2 Å². The van der Waals surface area contributed by atoms with Crippen LogP contribution in [0, 0.1) is 0 Å². The zero-order valence-corrected chi connectivity index (χ0v) is 42.8. The molecule has 0 unspecified atom stereocenters. The first kappa shape index (κ1) is 49.0. The molecular formula is C74H57N3. The second kappa shape index (κ2) is 24.2. The molecule has 3 heteroatoms. The zero-order chi connectivity index (χ0) is 51.9. The van der Waals surface area contributed by atoms with E-state index in [0.29, 0.717) is 0 Å². The van der Waals surface area contributed by atoms with Crippen LogP contribution in [0.3, 0.4) is 0 Å². The van der Waals surface area contributed by atoms with Crippen molar-refractivity contribution in [3.05, 3.63) is 342 Å². The number of anilines is 9. The Hall–Kier alpha value is -10.2. The van der Waals surface area contributed by atoms with Crippen LogP contribution in [0.25, 0.3) is 48.6 Å². The third-order valence-corrected chi connectivity index (χ3v) is 13.4. The summed E-state index contributed by atoms with van der Waals surface area (Å²) in [6.45, 7) is 0. The molecule has 0 radical (unpaired) electrons. The van der Waals surface area contributed by atoms with Crippen molar-refractivity contribution < 1.29 is 0 Å². The Balaban J connectivity index is 0.702. The van der Waals surface area contributed by atoms with Crippen molar-refractivity contribution in [2.75, 3.05) is 14.7 Å². The maximum absolute atomic E-state index is 2.30. The van der Waals surface area contributed by atoms with Crippen LogP contribution in [0.5, 0.6) is 0 Å². The summed E-state index contributed by atoms with van der Waals surface area (Å²) in [4.78, 5) is 6.86. The summed E-state index contributed by atoms with van der Waals surface area (Å²) in [5.74, 6) is 0. The number of rotatable bonds is 17. The highest BCUT2D eigenvalue weighted by molar-refractivity contribution is 5.82. The monoisotopic (exact) mass is 987 g/mol. The van der Waals surface area contributed by atoms with Gasteiger partial charge in [0.05, 0.1) is 0 Å². The molecule has 0 aromatic heterocycles. The highest BCUT2D eigenvalue weighted by Crippen LogP contribution is 2.37. The van der Waals surface area contributed by atoms with E-state index in [1.54, 1.807) is 0 Å². The quantitative estimate of drug-likeness (QED) is 0.0842. The van der Waals surface area contributed by atoms with Gasteiger partial charge < -0.3 is 14.7 Å². The van der Waals surface area contributed by atoms with E-state index in [9.17, 15) is 0 Å². The molecule has 11 rings (SSSR count). The lowest BCUT2D eigenvalue weighted by Gasteiger charge is -2.25. The average Bonchev–Trinajstić information content (AvgIpc) is 3.50. The Morgan fingerprint density at radius 1 is 0.130 bits per heavy atom. The molecular weight excluding hydrogens is 931 g/mol. The maximum atomic E-state index is 2.30. The number of benzene rings is 11. The molecule has 0 aliphatic rings. The molecule has 0 amide bonds. The summed E-state index contributed by atoms with van der Waals surface area (Å²) in [5, 5.41) is 0. The first-order valence-corrected chi connectivity index (χ1v) is 26.1. The summed E-state index contributed by atoms with van der Waals surface area (Å²) >= 11 is 0. The van der Waals surface area contributed by atoms with Crippen molar-refractivity contribution >= 4 is 99.8 Å². The van der Waals surface area contributed by atoms with E-state index in [4.69, 9.17) is 0 Å². The van der Waals surface area contributed by atoms with Gasteiger partial charge in [-0.2, -0.15) is 0 Å². The van der Waals surface area contributed by atoms with Crippen LogP contribution in [0.1, 0.15) is 44.5 Å². The van der Waals surface area contributed by atoms with E-state index in [-0.39, 0.29) is 0 Å². The van der Waals surface area contributed by atoms with Crippen LogP contribution in [0.2, 0.25) is 0 Å². The molecule has 0 fully saturated rings.